The van der Waals surface area contributed by atoms with E-state index in [1.165, 1.54) is 11.3 Å². The smallest absolute Gasteiger partial charge is 0.280 e. The summed E-state index contributed by atoms with van der Waals surface area (Å²) >= 11 is 1.29. The topological polar surface area (TPSA) is 111 Å². The highest BCUT2D eigenvalue weighted by Gasteiger charge is 2.30. The van der Waals surface area contributed by atoms with Crippen LogP contribution in [0.2, 0.25) is 0 Å². The van der Waals surface area contributed by atoms with Crippen LogP contribution in [0.15, 0.2) is 24.8 Å². The van der Waals surface area contributed by atoms with Crippen molar-refractivity contribution in [2.45, 2.75) is 25.3 Å². The van der Waals surface area contributed by atoms with Crippen LogP contribution in [0.3, 0.4) is 0 Å². The normalized spacial score (nSPS) is 19.1. The second-order valence-corrected chi connectivity index (χ2v) is 8.02. The van der Waals surface area contributed by atoms with Crippen LogP contribution in [0.4, 0.5) is 5.82 Å². The van der Waals surface area contributed by atoms with Gasteiger partial charge in [-0.1, -0.05) is 0 Å². The van der Waals surface area contributed by atoms with E-state index >= 15 is 0 Å². The van der Waals surface area contributed by atoms with E-state index in [1.54, 1.807) is 23.0 Å². The van der Waals surface area contributed by atoms with Crippen LogP contribution in [0.1, 0.15) is 29.1 Å². The van der Waals surface area contributed by atoms with Crippen LogP contribution in [0, 0.1) is 5.92 Å². The Morgan fingerprint density at radius 3 is 2.86 bits per heavy atom. The van der Waals surface area contributed by atoms with Crippen LogP contribution in [0.5, 0.6) is 0 Å². The van der Waals surface area contributed by atoms with E-state index in [9.17, 15) is 9.59 Å². The van der Waals surface area contributed by atoms with Crippen molar-refractivity contribution in [3.8, 4) is 10.6 Å². The summed E-state index contributed by atoms with van der Waals surface area (Å²) in [4.78, 5) is 38.0. The molecule has 1 saturated carbocycles. The summed E-state index contributed by atoms with van der Waals surface area (Å²) in [6.07, 6.45) is 9.57. The molecule has 4 heterocycles. The molecule has 144 valence electrons. The molecule has 10 heteroatoms. The van der Waals surface area contributed by atoms with Gasteiger partial charge in [0.2, 0.25) is 5.91 Å². The fourth-order valence-corrected chi connectivity index (χ4v) is 3.83. The first-order chi connectivity index (χ1) is 13.7. The van der Waals surface area contributed by atoms with Crippen molar-refractivity contribution in [3.63, 3.8) is 0 Å². The summed E-state index contributed by atoms with van der Waals surface area (Å²) < 4.78 is 7.08. The van der Waals surface area contributed by atoms with E-state index < -0.39 is 0 Å². The molecule has 2 fully saturated rings. The van der Waals surface area contributed by atoms with E-state index in [0.717, 1.165) is 24.1 Å². The molecule has 2 N–H and O–H groups in total. The number of imidazole rings is 1. The first kappa shape index (κ1) is 17.3. The number of fused-ring (bicyclic) bond motifs is 1. The number of thiazole rings is 1. The van der Waals surface area contributed by atoms with Crippen LogP contribution >= 0.6 is 11.3 Å². The zero-order valence-corrected chi connectivity index (χ0v) is 15.7. The molecule has 5 rings (SSSR count). The number of nitrogens with zero attached hydrogens (tertiary/aromatic N) is 4. The van der Waals surface area contributed by atoms with Crippen molar-refractivity contribution >= 4 is 34.6 Å². The molecular formula is C18H18N6O3S. The fourth-order valence-electron chi connectivity index (χ4n) is 3.05. The molecule has 1 saturated heterocycles. The quantitative estimate of drug-likeness (QED) is 0.677. The summed E-state index contributed by atoms with van der Waals surface area (Å²) in [5.74, 6) is 0.456. The molecule has 0 spiro atoms. The van der Waals surface area contributed by atoms with Gasteiger partial charge in [-0.25, -0.2) is 15.0 Å². The molecule has 3 aromatic heterocycles. The first-order valence-corrected chi connectivity index (χ1v) is 9.98. The van der Waals surface area contributed by atoms with Crippen molar-refractivity contribution in [3.05, 3.63) is 29.8 Å². The molecule has 0 unspecified atom stereocenters. The Morgan fingerprint density at radius 1 is 1.18 bits per heavy atom. The van der Waals surface area contributed by atoms with Crippen LogP contribution in [-0.2, 0) is 9.53 Å². The third kappa shape index (κ3) is 3.48. The van der Waals surface area contributed by atoms with E-state index in [4.69, 9.17) is 4.74 Å². The lowest BCUT2D eigenvalue weighted by Crippen LogP contribution is -2.34. The predicted octanol–water partition coefficient (Wildman–Crippen LogP) is 1.72. The zero-order valence-electron chi connectivity index (χ0n) is 14.9. The summed E-state index contributed by atoms with van der Waals surface area (Å²) in [5.41, 5.74) is 1.32. The van der Waals surface area contributed by atoms with E-state index in [0.29, 0.717) is 35.4 Å². The fraction of sp³-hybridized carbons (Fsp3) is 0.389. The molecule has 0 bridgehead atoms. The maximum absolute atomic E-state index is 12.3. The average molecular weight is 398 g/mol. The number of nitrogens with one attached hydrogen (secondary N) is 2. The maximum Gasteiger partial charge on any atom is 0.280 e. The molecule has 3 aromatic rings. The molecule has 28 heavy (non-hydrogen) atoms. The number of amides is 2. The Kier molecular flexibility index (Phi) is 4.29. The molecule has 9 nitrogen and oxygen atoms in total. The van der Waals surface area contributed by atoms with Crippen LogP contribution in [-0.4, -0.2) is 50.4 Å². The largest absolute Gasteiger partial charge is 0.379 e. The summed E-state index contributed by atoms with van der Waals surface area (Å²) in [6, 6.07) is 0.0459. The second kappa shape index (κ2) is 6.95. The van der Waals surface area contributed by atoms with E-state index in [2.05, 4.69) is 25.6 Å². The number of ether oxygens (including phenoxy) is 1. The Bertz CT molecular complexity index is 1050. The van der Waals surface area contributed by atoms with Crippen molar-refractivity contribution in [1.29, 1.82) is 0 Å². The third-order valence-corrected chi connectivity index (χ3v) is 5.78. The third-order valence-electron chi connectivity index (χ3n) is 4.76. The van der Waals surface area contributed by atoms with Gasteiger partial charge in [-0.15, -0.1) is 11.3 Å². The standard InChI is InChI=1S/C18H18N6O3S/c25-16(10-1-2-10)23-14-8-24-7-12(19-6-15(24)22-14)13-5-20-18(28-13)17(26)21-11-3-4-27-9-11/h5-8,10-11H,1-4,9H2,(H,21,26)(H,23,25)/t11-/m0/s1. The second-order valence-electron chi connectivity index (χ2n) is 6.99. The van der Waals surface area contributed by atoms with Gasteiger partial charge < -0.3 is 19.8 Å². The highest BCUT2D eigenvalue weighted by Crippen LogP contribution is 2.30. The minimum absolute atomic E-state index is 0.0161. The number of hydrogen-bond donors (Lipinski definition) is 2. The Morgan fingerprint density at radius 2 is 2.07 bits per heavy atom. The minimum Gasteiger partial charge on any atom is -0.379 e. The highest BCUT2D eigenvalue weighted by atomic mass is 32.1. The predicted molar refractivity (Wildman–Crippen MR) is 102 cm³/mol. The lowest BCUT2D eigenvalue weighted by atomic mass is 10.2. The molecule has 2 amide bonds. The van der Waals surface area contributed by atoms with Gasteiger partial charge in [-0.05, 0) is 19.3 Å². The molecule has 0 radical (unpaired) electrons. The first-order valence-electron chi connectivity index (χ1n) is 9.16. The van der Waals surface area contributed by atoms with Gasteiger partial charge in [0.05, 0.1) is 35.6 Å². The SMILES string of the molecule is O=C(N[C@H]1CCOC1)c1ncc(-c2cn3cc(NC(=O)C4CC4)nc3cn2)s1. The van der Waals surface area contributed by atoms with Gasteiger partial charge in [0, 0.05) is 24.9 Å². The number of hydrogen-bond acceptors (Lipinski definition) is 7. The van der Waals surface area contributed by atoms with Gasteiger partial charge in [0.15, 0.2) is 16.5 Å². The lowest BCUT2D eigenvalue weighted by molar-refractivity contribution is -0.117. The monoisotopic (exact) mass is 398 g/mol. The molecule has 1 atom stereocenters. The number of carbonyl (C=O) groups is 2. The van der Waals surface area contributed by atoms with Crippen molar-refractivity contribution in [1.82, 2.24) is 24.7 Å². The van der Waals surface area contributed by atoms with Crippen LogP contribution in [0.25, 0.3) is 16.2 Å². The van der Waals surface area contributed by atoms with Crippen LogP contribution < -0.4 is 10.6 Å². The van der Waals surface area contributed by atoms with E-state index in [-0.39, 0.29) is 23.8 Å². The lowest BCUT2D eigenvalue weighted by Gasteiger charge is -2.08. The molecule has 1 aliphatic heterocycles. The van der Waals surface area contributed by atoms with Gasteiger partial charge in [0.25, 0.3) is 5.91 Å². The highest BCUT2D eigenvalue weighted by molar-refractivity contribution is 7.16. The number of anilines is 1. The van der Waals surface area contributed by atoms with Crippen molar-refractivity contribution in [2.75, 3.05) is 18.5 Å². The van der Waals surface area contributed by atoms with Gasteiger partial charge >= 0.3 is 0 Å². The zero-order chi connectivity index (χ0) is 19.1. The Hall–Kier alpha value is -2.85. The summed E-state index contributed by atoms with van der Waals surface area (Å²) in [7, 11) is 0. The Labute approximate surface area is 164 Å². The van der Waals surface area contributed by atoms with Gasteiger partial charge in [-0.2, -0.15) is 0 Å². The number of carbonyl (C=O) groups excluding carboxylic acids is 2. The Balaban J connectivity index is 1.33. The van der Waals surface area contributed by atoms with Gasteiger partial charge in [0.1, 0.15) is 0 Å². The molecule has 2 aliphatic rings. The summed E-state index contributed by atoms with van der Waals surface area (Å²) in [5, 5.41) is 6.16. The maximum atomic E-state index is 12.3. The number of rotatable bonds is 5. The minimum atomic E-state index is -0.194. The van der Waals surface area contributed by atoms with Crippen molar-refractivity contribution < 1.29 is 14.3 Å². The average Bonchev–Trinajstić information content (AvgIpc) is 3.08. The molecular weight excluding hydrogens is 380 g/mol. The number of aromatic nitrogens is 4. The summed E-state index contributed by atoms with van der Waals surface area (Å²) in [6.45, 7) is 1.22. The van der Waals surface area contributed by atoms with Crippen molar-refractivity contribution in [2.24, 2.45) is 5.92 Å². The van der Waals surface area contributed by atoms with E-state index in [1.807, 2.05) is 6.20 Å². The molecule has 0 aromatic carbocycles. The molecule has 1 aliphatic carbocycles. The van der Waals surface area contributed by atoms with Gasteiger partial charge in [-0.3, -0.25) is 9.59 Å².